The molecule has 1 aromatic carbocycles. The van der Waals surface area contributed by atoms with Crippen LogP contribution in [0.2, 0.25) is 5.02 Å². The van der Waals surface area contributed by atoms with Gasteiger partial charge in [-0.3, -0.25) is 14.3 Å². The maximum absolute atomic E-state index is 14.6. The van der Waals surface area contributed by atoms with Gasteiger partial charge in [0.1, 0.15) is 18.2 Å². The summed E-state index contributed by atoms with van der Waals surface area (Å²) in [5.41, 5.74) is 0.169. The van der Waals surface area contributed by atoms with Crippen LogP contribution in [-0.2, 0) is 24.3 Å². The minimum atomic E-state index is -0.372. The van der Waals surface area contributed by atoms with Crippen molar-refractivity contribution in [2.24, 2.45) is 0 Å². The molecule has 0 aliphatic carbocycles. The number of likely N-dealkylation sites (tertiary alicyclic amines) is 1. The number of rotatable bonds is 6. The third-order valence-corrected chi connectivity index (χ3v) is 6.31. The minimum Gasteiger partial charge on any atom is -0.353 e. The van der Waals surface area contributed by atoms with E-state index in [-0.39, 0.29) is 36.5 Å². The Bertz CT molecular complexity index is 947. The van der Waals surface area contributed by atoms with E-state index in [4.69, 9.17) is 11.6 Å². The molecular weight excluding hydrogens is 409 g/mol. The predicted molar refractivity (Wildman–Crippen MR) is 112 cm³/mol. The summed E-state index contributed by atoms with van der Waals surface area (Å²) in [7, 11) is 0. The molecule has 2 aliphatic heterocycles. The minimum absolute atomic E-state index is 0.142. The predicted octanol–water partition coefficient (Wildman–Crippen LogP) is 2.52. The van der Waals surface area contributed by atoms with Crippen molar-refractivity contribution in [2.45, 2.75) is 57.7 Å². The van der Waals surface area contributed by atoms with E-state index >= 15 is 0 Å². The van der Waals surface area contributed by atoms with Gasteiger partial charge in [0.15, 0.2) is 0 Å². The van der Waals surface area contributed by atoms with E-state index in [1.165, 1.54) is 10.7 Å². The maximum Gasteiger partial charge on any atom is 0.346 e. The van der Waals surface area contributed by atoms with Gasteiger partial charge >= 0.3 is 5.69 Å². The molecule has 0 radical (unpaired) electrons. The van der Waals surface area contributed by atoms with Gasteiger partial charge in [-0.05, 0) is 50.9 Å². The first-order valence-corrected chi connectivity index (χ1v) is 11.0. The lowest BCUT2D eigenvalue weighted by atomic mass is 10.0. The van der Waals surface area contributed by atoms with Crippen molar-refractivity contribution in [2.75, 3.05) is 19.6 Å². The quantitative estimate of drug-likeness (QED) is 0.756. The van der Waals surface area contributed by atoms with Crippen LogP contribution in [0.5, 0.6) is 0 Å². The zero-order chi connectivity index (χ0) is 21.1. The number of aryl methyl sites for hydroxylation is 1. The van der Waals surface area contributed by atoms with Crippen LogP contribution in [-0.4, -0.2) is 44.8 Å². The molecule has 1 amide bonds. The number of carbonyl (C=O) groups is 1. The second-order valence-corrected chi connectivity index (χ2v) is 8.42. The fourth-order valence-corrected chi connectivity index (χ4v) is 4.72. The van der Waals surface area contributed by atoms with Gasteiger partial charge in [-0.1, -0.05) is 24.1 Å². The molecule has 30 heavy (non-hydrogen) atoms. The van der Waals surface area contributed by atoms with Crippen LogP contribution < -0.4 is 11.0 Å². The highest BCUT2D eigenvalue weighted by molar-refractivity contribution is 6.31. The van der Waals surface area contributed by atoms with E-state index in [9.17, 15) is 14.0 Å². The summed E-state index contributed by atoms with van der Waals surface area (Å²) in [4.78, 5) is 27.3. The Hall–Kier alpha value is -2.19. The summed E-state index contributed by atoms with van der Waals surface area (Å²) in [6.07, 6.45) is 5.86. The number of amides is 1. The molecule has 1 saturated heterocycles. The van der Waals surface area contributed by atoms with E-state index < -0.39 is 0 Å². The Morgan fingerprint density at radius 1 is 1.17 bits per heavy atom. The van der Waals surface area contributed by atoms with Gasteiger partial charge < -0.3 is 5.32 Å². The van der Waals surface area contributed by atoms with Crippen molar-refractivity contribution in [3.05, 3.63) is 50.9 Å². The highest BCUT2D eigenvalue weighted by Gasteiger charge is 2.28. The number of nitrogens with one attached hydrogen (secondary N) is 1. The summed E-state index contributed by atoms with van der Waals surface area (Å²) in [5.74, 6) is 0.0584. The zero-order valence-electron chi connectivity index (χ0n) is 16.9. The summed E-state index contributed by atoms with van der Waals surface area (Å²) in [6, 6.07) is 4.29. The third kappa shape index (κ3) is 4.44. The Labute approximate surface area is 179 Å². The first-order chi connectivity index (χ1) is 14.5. The molecule has 4 rings (SSSR count). The number of benzene rings is 1. The topological polar surface area (TPSA) is 72.2 Å². The first kappa shape index (κ1) is 21.1. The van der Waals surface area contributed by atoms with Crippen molar-refractivity contribution in [3.63, 3.8) is 0 Å². The smallest absolute Gasteiger partial charge is 0.346 e. The van der Waals surface area contributed by atoms with Crippen LogP contribution >= 0.6 is 11.6 Å². The van der Waals surface area contributed by atoms with Crippen LogP contribution in [0.1, 0.15) is 49.5 Å². The van der Waals surface area contributed by atoms with Crippen LogP contribution in [0.15, 0.2) is 23.0 Å². The summed E-state index contributed by atoms with van der Waals surface area (Å²) in [6.45, 7) is 2.40. The van der Waals surface area contributed by atoms with E-state index in [0.717, 1.165) is 57.4 Å². The van der Waals surface area contributed by atoms with Gasteiger partial charge in [-0.25, -0.2) is 13.9 Å². The second-order valence-electron chi connectivity index (χ2n) is 8.02. The molecule has 1 N–H and O–H groups in total. The lowest BCUT2D eigenvalue weighted by Crippen LogP contribution is -2.40. The van der Waals surface area contributed by atoms with Crippen molar-refractivity contribution in [1.29, 1.82) is 0 Å². The molecule has 0 saturated carbocycles. The van der Waals surface area contributed by atoms with Crippen molar-refractivity contribution >= 4 is 17.5 Å². The number of carbonyl (C=O) groups excluding carboxylic acids is 1. The van der Waals surface area contributed by atoms with Gasteiger partial charge in [-0.15, -0.1) is 0 Å². The van der Waals surface area contributed by atoms with Gasteiger partial charge in [0.05, 0.1) is 6.04 Å². The Morgan fingerprint density at radius 3 is 2.70 bits per heavy atom. The maximum atomic E-state index is 14.6. The first-order valence-electron chi connectivity index (χ1n) is 10.7. The fourth-order valence-electron chi connectivity index (χ4n) is 4.43. The average Bonchev–Trinajstić information content (AvgIpc) is 3.27. The normalized spacial score (nSPS) is 18.1. The highest BCUT2D eigenvalue weighted by Crippen LogP contribution is 2.31. The molecule has 0 spiro atoms. The molecule has 1 unspecified atom stereocenters. The molecule has 7 nitrogen and oxygen atoms in total. The summed E-state index contributed by atoms with van der Waals surface area (Å²) in [5, 5.41) is 7.58. The largest absolute Gasteiger partial charge is 0.353 e. The van der Waals surface area contributed by atoms with Crippen LogP contribution in [0.3, 0.4) is 0 Å². The number of halogens is 2. The van der Waals surface area contributed by atoms with E-state index in [1.54, 1.807) is 16.7 Å². The number of nitrogens with zero attached hydrogens (tertiary/aromatic N) is 4. The molecule has 1 aromatic heterocycles. The standard InChI is InChI=1S/C21H27ClFN5O2/c22-15-7-6-8-16(23)20(15)17(26-10-4-5-11-26)13-24-19(29)14-28-21(30)27-12-3-1-2-9-18(27)25-28/h6-8,17H,1-5,9-14H2,(H,24,29). The van der Waals surface area contributed by atoms with Crippen molar-refractivity contribution in [1.82, 2.24) is 24.6 Å². The van der Waals surface area contributed by atoms with Crippen LogP contribution in [0, 0.1) is 5.82 Å². The molecule has 1 fully saturated rings. The molecular formula is C21H27ClFN5O2. The molecule has 2 aliphatic rings. The fraction of sp³-hybridized carbons (Fsp3) is 0.571. The molecule has 2 aromatic rings. The number of fused-ring (bicyclic) bond motifs is 1. The SMILES string of the molecule is O=C(Cn1nc2n(c1=O)CCCCC2)NCC(c1c(F)cccc1Cl)N1CCCC1. The number of aromatic nitrogens is 3. The van der Waals surface area contributed by atoms with Gasteiger partial charge in [-0.2, -0.15) is 5.10 Å². The summed E-state index contributed by atoms with van der Waals surface area (Å²) < 4.78 is 17.5. The molecule has 9 heteroatoms. The molecule has 3 heterocycles. The van der Waals surface area contributed by atoms with Gasteiger partial charge in [0.25, 0.3) is 0 Å². The highest BCUT2D eigenvalue weighted by atomic mass is 35.5. The van der Waals surface area contributed by atoms with E-state index in [0.29, 0.717) is 17.1 Å². The second kappa shape index (κ2) is 9.31. The van der Waals surface area contributed by atoms with Crippen molar-refractivity contribution < 1.29 is 9.18 Å². The lowest BCUT2D eigenvalue weighted by molar-refractivity contribution is -0.122. The number of hydrogen-bond acceptors (Lipinski definition) is 4. The van der Waals surface area contributed by atoms with E-state index in [1.807, 2.05) is 0 Å². The van der Waals surface area contributed by atoms with Crippen LogP contribution in [0.25, 0.3) is 0 Å². The Morgan fingerprint density at radius 2 is 1.93 bits per heavy atom. The molecule has 162 valence electrons. The summed E-state index contributed by atoms with van der Waals surface area (Å²) >= 11 is 6.30. The van der Waals surface area contributed by atoms with Gasteiger partial charge in [0, 0.05) is 30.1 Å². The zero-order valence-corrected chi connectivity index (χ0v) is 17.7. The molecule has 1 atom stereocenters. The van der Waals surface area contributed by atoms with E-state index in [2.05, 4.69) is 15.3 Å². The van der Waals surface area contributed by atoms with Crippen molar-refractivity contribution in [3.8, 4) is 0 Å². The third-order valence-electron chi connectivity index (χ3n) is 5.98. The average molecular weight is 436 g/mol. The lowest BCUT2D eigenvalue weighted by Gasteiger charge is -2.29. The number of hydrogen-bond donors (Lipinski definition) is 1. The Kier molecular flexibility index (Phi) is 6.53. The van der Waals surface area contributed by atoms with Crippen LogP contribution in [0.4, 0.5) is 4.39 Å². The monoisotopic (exact) mass is 435 g/mol. The Balaban J connectivity index is 1.46. The molecule has 0 bridgehead atoms. The van der Waals surface area contributed by atoms with Gasteiger partial charge in [0.2, 0.25) is 5.91 Å².